The first kappa shape index (κ1) is 12.1. The molecule has 92 valence electrons. The van der Waals surface area contributed by atoms with E-state index in [0.29, 0.717) is 5.75 Å². The molecule has 0 unspecified atom stereocenters. The minimum Gasteiger partial charge on any atom is -0.410 e. The van der Waals surface area contributed by atoms with Crippen LogP contribution in [-0.4, -0.2) is 16.1 Å². The third-order valence-electron chi connectivity index (χ3n) is 2.10. The van der Waals surface area contributed by atoms with Crippen LogP contribution in [0.4, 0.5) is 10.7 Å². The van der Waals surface area contributed by atoms with Gasteiger partial charge in [-0.15, -0.1) is 0 Å². The van der Waals surface area contributed by atoms with E-state index in [2.05, 4.69) is 15.3 Å². The molecule has 1 heterocycles. The van der Waals surface area contributed by atoms with E-state index in [-0.39, 0.29) is 17.3 Å². The maximum atomic E-state index is 11.5. The van der Waals surface area contributed by atoms with Gasteiger partial charge in [0.25, 0.3) is 0 Å². The number of carbonyl (C=O) groups is 1. The van der Waals surface area contributed by atoms with E-state index >= 15 is 0 Å². The Balaban J connectivity index is 2.06. The van der Waals surface area contributed by atoms with Gasteiger partial charge < -0.3 is 9.72 Å². The van der Waals surface area contributed by atoms with E-state index in [0.717, 1.165) is 0 Å². The zero-order valence-corrected chi connectivity index (χ0v) is 9.54. The highest BCUT2D eigenvalue weighted by atomic mass is 16.6. The molecular formula is C12H7N5O2. The van der Waals surface area contributed by atoms with Gasteiger partial charge in [-0.25, -0.2) is 9.78 Å². The average Bonchev–Trinajstić information content (AvgIpc) is 2.81. The number of hydrogen-bond acceptors (Lipinski definition) is 5. The Labute approximate surface area is 108 Å². The number of aromatic nitrogens is 2. The Morgan fingerprint density at radius 1 is 1.26 bits per heavy atom. The highest BCUT2D eigenvalue weighted by Gasteiger charge is 2.12. The molecule has 0 aliphatic heterocycles. The summed E-state index contributed by atoms with van der Waals surface area (Å²) in [5, 5.41) is 19.7. The lowest BCUT2D eigenvalue weighted by Crippen LogP contribution is -2.17. The third-order valence-corrected chi connectivity index (χ3v) is 2.10. The molecule has 2 rings (SSSR count). The second-order valence-corrected chi connectivity index (χ2v) is 3.36. The Morgan fingerprint density at radius 2 is 2.00 bits per heavy atom. The normalized spacial score (nSPS) is 9.16. The summed E-state index contributed by atoms with van der Waals surface area (Å²) in [6, 6.07) is 11.9. The number of carbonyl (C=O) groups excluding carboxylic acids is 1. The van der Waals surface area contributed by atoms with E-state index in [4.69, 9.17) is 15.3 Å². The van der Waals surface area contributed by atoms with Crippen molar-refractivity contribution in [1.82, 2.24) is 9.97 Å². The first-order valence-electron chi connectivity index (χ1n) is 5.17. The van der Waals surface area contributed by atoms with Gasteiger partial charge in [-0.3, -0.25) is 5.32 Å². The number of rotatable bonds is 2. The third kappa shape index (κ3) is 2.87. The summed E-state index contributed by atoms with van der Waals surface area (Å²) in [4.78, 5) is 17.7. The number of H-pyrrole nitrogens is 1. The fraction of sp³-hybridized carbons (Fsp3) is 0. The monoisotopic (exact) mass is 253 g/mol. The van der Waals surface area contributed by atoms with Crippen LogP contribution in [0.15, 0.2) is 30.3 Å². The topological polar surface area (TPSA) is 115 Å². The van der Waals surface area contributed by atoms with Crippen LogP contribution >= 0.6 is 0 Å². The summed E-state index contributed by atoms with van der Waals surface area (Å²) < 4.78 is 4.96. The number of amides is 1. The second kappa shape index (κ2) is 5.34. The van der Waals surface area contributed by atoms with Crippen molar-refractivity contribution in [2.75, 3.05) is 5.32 Å². The van der Waals surface area contributed by atoms with Gasteiger partial charge in [0.15, 0.2) is 11.4 Å². The summed E-state index contributed by atoms with van der Waals surface area (Å²) in [5.74, 6) is 0.349. The molecule has 0 saturated carbocycles. The molecule has 2 N–H and O–H groups in total. The number of benzene rings is 1. The van der Waals surface area contributed by atoms with E-state index in [1.54, 1.807) is 42.5 Å². The first-order chi connectivity index (χ1) is 9.22. The maximum Gasteiger partial charge on any atom is 0.419 e. The van der Waals surface area contributed by atoms with Gasteiger partial charge in [0, 0.05) is 0 Å². The number of anilines is 1. The predicted octanol–water partition coefficient (Wildman–Crippen LogP) is 1.76. The summed E-state index contributed by atoms with van der Waals surface area (Å²) in [6.45, 7) is 0. The van der Waals surface area contributed by atoms with Crippen molar-refractivity contribution in [3.05, 3.63) is 41.7 Å². The molecule has 0 bridgehead atoms. The van der Waals surface area contributed by atoms with E-state index in [1.807, 2.05) is 0 Å². The molecule has 0 aliphatic rings. The SMILES string of the molecule is N#Cc1nc(NC(=O)Oc2ccccc2)[nH]c1C#N. The molecule has 0 spiro atoms. The number of aromatic amines is 1. The first-order valence-corrected chi connectivity index (χ1v) is 5.17. The molecular weight excluding hydrogens is 246 g/mol. The molecule has 1 amide bonds. The summed E-state index contributed by atoms with van der Waals surface area (Å²) in [5.41, 5.74) is -0.102. The summed E-state index contributed by atoms with van der Waals surface area (Å²) in [6.07, 6.45) is -0.770. The van der Waals surface area contributed by atoms with Gasteiger partial charge in [-0.1, -0.05) is 18.2 Å². The molecule has 1 aromatic heterocycles. The van der Waals surface area contributed by atoms with Gasteiger partial charge in [0.2, 0.25) is 5.95 Å². The number of nitrogens with zero attached hydrogens (tertiary/aromatic N) is 3. The van der Waals surface area contributed by atoms with Crippen molar-refractivity contribution >= 4 is 12.0 Å². The Morgan fingerprint density at radius 3 is 2.58 bits per heavy atom. The highest BCUT2D eigenvalue weighted by Crippen LogP contribution is 2.11. The van der Waals surface area contributed by atoms with Crippen LogP contribution in [0.5, 0.6) is 5.75 Å². The second-order valence-electron chi connectivity index (χ2n) is 3.36. The molecule has 0 aliphatic carbocycles. The van der Waals surface area contributed by atoms with E-state index in [1.165, 1.54) is 0 Å². The van der Waals surface area contributed by atoms with Gasteiger partial charge >= 0.3 is 6.09 Å². The van der Waals surface area contributed by atoms with Gasteiger partial charge in [-0.2, -0.15) is 10.5 Å². The molecule has 1 aromatic carbocycles. The highest BCUT2D eigenvalue weighted by molar-refractivity contribution is 5.84. The largest absolute Gasteiger partial charge is 0.419 e. The number of hydrogen-bond donors (Lipinski definition) is 2. The van der Waals surface area contributed by atoms with Crippen molar-refractivity contribution in [2.24, 2.45) is 0 Å². The molecule has 0 saturated heterocycles. The lowest BCUT2D eigenvalue weighted by Gasteiger charge is -2.03. The van der Waals surface area contributed by atoms with Gasteiger partial charge in [0.1, 0.15) is 17.9 Å². The molecule has 0 atom stereocenters. The van der Waals surface area contributed by atoms with E-state index < -0.39 is 6.09 Å². The quantitative estimate of drug-likeness (QED) is 0.846. The number of imidazole rings is 1. The van der Waals surface area contributed by atoms with Crippen LogP contribution < -0.4 is 10.1 Å². The Hall–Kier alpha value is -3.32. The standard InChI is InChI=1S/C12H7N5O2/c13-6-9-10(7-14)16-11(15-9)17-12(18)19-8-4-2-1-3-5-8/h1-5H,(H2,15,16,17,18). The number of nitrogens with one attached hydrogen (secondary N) is 2. The van der Waals surface area contributed by atoms with Crippen molar-refractivity contribution in [3.63, 3.8) is 0 Å². The van der Waals surface area contributed by atoms with E-state index in [9.17, 15) is 4.79 Å². The van der Waals surface area contributed by atoms with Crippen LogP contribution in [0.1, 0.15) is 11.4 Å². The van der Waals surface area contributed by atoms with Crippen LogP contribution in [0.25, 0.3) is 0 Å². The lowest BCUT2D eigenvalue weighted by molar-refractivity contribution is 0.215. The minimum absolute atomic E-state index is 0.0162. The fourth-order valence-electron chi connectivity index (χ4n) is 1.31. The number of ether oxygens (including phenoxy) is 1. The van der Waals surface area contributed by atoms with Crippen LogP contribution in [0, 0.1) is 22.7 Å². The zero-order valence-electron chi connectivity index (χ0n) is 9.54. The van der Waals surface area contributed by atoms with Crippen molar-refractivity contribution in [2.45, 2.75) is 0 Å². The lowest BCUT2D eigenvalue weighted by atomic mass is 10.3. The molecule has 19 heavy (non-hydrogen) atoms. The predicted molar refractivity (Wildman–Crippen MR) is 64.1 cm³/mol. The van der Waals surface area contributed by atoms with Crippen LogP contribution in [0.3, 0.4) is 0 Å². The van der Waals surface area contributed by atoms with Crippen molar-refractivity contribution in [1.29, 1.82) is 10.5 Å². The van der Waals surface area contributed by atoms with Gasteiger partial charge in [-0.05, 0) is 12.1 Å². The van der Waals surface area contributed by atoms with Crippen molar-refractivity contribution < 1.29 is 9.53 Å². The molecule has 7 nitrogen and oxygen atoms in total. The minimum atomic E-state index is -0.770. The fourth-order valence-corrected chi connectivity index (χ4v) is 1.31. The molecule has 0 radical (unpaired) electrons. The molecule has 0 fully saturated rings. The summed E-state index contributed by atoms with van der Waals surface area (Å²) in [7, 11) is 0. The van der Waals surface area contributed by atoms with Gasteiger partial charge in [0.05, 0.1) is 0 Å². The maximum absolute atomic E-state index is 11.5. The summed E-state index contributed by atoms with van der Waals surface area (Å²) >= 11 is 0. The Kier molecular flexibility index (Phi) is 3.41. The number of para-hydroxylation sites is 1. The molecule has 7 heteroatoms. The molecule has 2 aromatic rings. The van der Waals surface area contributed by atoms with Crippen LogP contribution in [-0.2, 0) is 0 Å². The zero-order chi connectivity index (χ0) is 13.7. The smallest absolute Gasteiger partial charge is 0.410 e. The van der Waals surface area contributed by atoms with Crippen molar-refractivity contribution in [3.8, 4) is 17.9 Å². The number of nitriles is 2. The average molecular weight is 253 g/mol. The Bertz CT molecular complexity index is 647. The van der Waals surface area contributed by atoms with Crippen LogP contribution in [0.2, 0.25) is 0 Å².